The second-order valence-corrected chi connectivity index (χ2v) is 6.31. The van der Waals surface area contributed by atoms with Crippen LogP contribution in [-0.4, -0.2) is 35.2 Å². The molecule has 4 heteroatoms. The number of nitrogens with two attached hydrogens (primary N) is 1. The van der Waals surface area contributed by atoms with Gasteiger partial charge in [0.05, 0.1) is 6.10 Å². The van der Waals surface area contributed by atoms with Gasteiger partial charge in [0, 0.05) is 35.3 Å². The van der Waals surface area contributed by atoms with Crippen molar-refractivity contribution in [2.45, 2.75) is 25.6 Å². The van der Waals surface area contributed by atoms with Crippen molar-refractivity contribution in [2.24, 2.45) is 5.73 Å². The molecule has 3 rings (SSSR count). The van der Waals surface area contributed by atoms with Crippen LogP contribution < -0.4 is 5.73 Å². The first-order chi connectivity index (χ1) is 8.65. The minimum Gasteiger partial charge on any atom is -0.390 e. The lowest BCUT2D eigenvalue weighted by Gasteiger charge is -2.15. The molecule has 1 aromatic carbocycles. The van der Waals surface area contributed by atoms with E-state index < -0.39 is 0 Å². The van der Waals surface area contributed by atoms with Gasteiger partial charge in [-0.05, 0) is 23.9 Å². The molecule has 96 valence electrons. The monoisotopic (exact) mass is 262 g/mol. The van der Waals surface area contributed by atoms with Gasteiger partial charge in [-0.1, -0.05) is 18.2 Å². The summed E-state index contributed by atoms with van der Waals surface area (Å²) in [6, 6.07) is 8.41. The van der Waals surface area contributed by atoms with Gasteiger partial charge in [0.15, 0.2) is 0 Å². The molecule has 0 radical (unpaired) electrons. The fourth-order valence-corrected chi connectivity index (χ4v) is 3.74. The van der Waals surface area contributed by atoms with Crippen LogP contribution in [0.15, 0.2) is 24.3 Å². The van der Waals surface area contributed by atoms with E-state index in [0.29, 0.717) is 6.54 Å². The topological polar surface area (TPSA) is 49.5 Å². The van der Waals surface area contributed by atoms with Gasteiger partial charge in [-0.15, -0.1) is 11.3 Å². The molecule has 1 aromatic heterocycles. The maximum absolute atomic E-state index is 9.72. The van der Waals surface area contributed by atoms with Crippen LogP contribution in [0.25, 0.3) is 10.1 Å². The van der Waals surface area contributed by atoms with Gasteiger partial charge in [-0.2, -0.15) is 0 Å². The highest BCUT2D eigenvalue weighted by atomic mass is 32.1. The lowest BCUT2D eigenvalue weighted by Crippen LogP contribution is -2.32. The molecule has 0 saturated carbocycles. The Morgan fingerprint density at radius 1 is 1.39 bits per heavy atom. The number of β-amino-alcohol motifs (C(OH)–C–C–N with tert-alkyl or cyclic N) is 1. The SMILES string of the molecule is Cc1sc2ccccc2c1CN1C[C@H](N)[C@@H](O)C1. The third-order valence-corrected chi connectivity index (χ3v) is 4.82. The van der Waals surface area contributed by atoms with Crippen LogP contribution in [0.1, 0.15) is 10.4 Å². The van der Waals surface area contributed by atoms with Crippen LogP contribution in [-0.2, 0) is 6.54 Å². The van der Waals surface area contributed by atoms with E-state index in [1.54, 1.807) is 0 Å². The quantitative estimate of drug-likeness (QED) is 0.866. The maximum Gasteiger partial charge on any atom is 0.0830 e. The normalized spacial score (nSPS) is 25.1. The van der Waals surface area contributed by atoms with Gasteiger partial charge >= 0.3 is 0 Å². The molecule has 0 aliphatic carbocycles. The van der Waals surface area contributed by atoms with Crippen molar-refractivity contribution in [3.63, 3.8) is 0 Å². The summed E-state index contributed by atoms with van der Waals surface area (Å²) in [4.78, 5) is 3.61. The second-order valence-electron chi connectivity index (χ2n) is 5.06. The van der Waals surface area contributed by atoms with Crippen molar-refractivity contribution in [1.29, 1.82) is 0 Å². The Hall–Kier alpha value is -0.940. The number of fused-ring (bicyclic) bond motifs is 1. The molecule has 0 unspecified atom stereocenters. The molecule has 1 fully saturated rings. The fourth-order valence-electron chi connectivity index (χ4n) is 2.66. The zero-order valence-corrected chi connectivity index (χ0v) is 11.3. The summed E-state index contributed by atoms with van der Waals surface area (Å²) in [5.41, 5.74) is 7.25. The zero-order chi connectivity index (χ0) is 12.7. The molecule has 2 atom stereocenters. The largest absolute Gasteiger partial charge is 0.390 e. The number of rotatable bonds is 2. The Morgan fingerprint density at radius 2 is 2.17 bits per heavy atom. The third kappa shape index (κ3) is 2.06. The predicted octanol–water partition coefficient (Wildman–Crippen LogP) is 1.71. The molecule has 2 aromatic rings. The summed E-state index contributed by atoms with van der Waals surface area (Å²) in [6.45, 7) is 4.53. The summed E-state index contributed by atoms with van der Waals surface area (Å²) in [5, 5.41) is 11.1. The van der Waals surface area contributed by atoms with E-state index in [2.05, 4.69) is 36.1 Å². The molecule has 3 nitrogen and oxygen atoms in total. The van der Waals surface area contributed by atoms with E-state index in [0.717, 1.165) is 13.1 Å². The van der Waals surface area contributed by atoms with Crippen molar-refractivity contribution in [3.8, 4) is 0 Å². The number of hydrogen-bond donors (Lipinski definition) is 2. The summed E-state index contributed by atoms with van der Waals surface area (Å²) >= 11 is 1.84. The number of benzene rings is 1. The third-order valence-electron chi connectivity index (χ3n) is 3.69. The molecule has 1 aliphatic heterocycles. The molecule has 1 saturated heterocycles. The predicted molar refractivity (Wildman–Crippen MR) is 75.8 cm³/mol. The van der Waals surface area contributed by atoms with Crippen LogP contribution in [0.2, 0.25) is 0 Å². The average molecular weight is 262 g/mol. The van der Waals surface area contributed by atoms with Crippen molar-refractivity contribution in [3.05, 3.63) is 34.7 Å². The summed E-state index contributed by atoms with van der Waals surface area (Å²) < 4.78 is 1.34. The van der Waals surface area contributed by atoms with Gasteiger partial charge in [0.1, 0.15) is 0 Å². The Morgan fingerprint density at radius 3 is 2.89 bits per heavy atom. The van der Waals surface area contributed by atoms with Crippen LogP contribution in [0.4, 0.5) is 0 Å². The molecule has 0 bridgehead atoms. The molecular weight excluding hydrogens is 244 g/mol. The standard InChI is InChI=1S/C14H18N2OS/c1-9-11(6-16-7-12(15)13(17)8-16)10-4-2-3-5-14(10)18-9/h2-5,12-13,17H,6-8,15H2,1H3/t12-,13-/m0/s1. The Labute approximate surface area is 111 Å². The second kappa shape index (κ2) is 4.63. The van der Waals surface area contributed by atoms with Gasteiger partial charge in [0.25, 0.3) is 0 Å². The van der Waals surface area contributed by atoms with Gasteiger partial charge in [-0.25, -0.2) is 0 Å². The van der Waals surface area contributed by atoms with Crippen molar-refractivity contribution >= 4 is 21.4 Å². The summed E-state index contributed by atoms with van der Waals surface area (Å²) in [7, 11) is 0. The minimum absolute atomic E-state index is 0.102. The molecule has 0 amide bonds. The summed E-state index contributed by atoms with van der Waals surface area (Å²) in [5.74, 6) is 0. The lowest BCUT2D eigenvalue weighted by atomic mass is 10.1. The van der Waals surface area contributed by atoms with E-state index in [-0.39, 0.29) is 12.1 Å². The van der Waals surface area contributed by atoms with E-state index in [9.17, 15) is 5.11 Å². The van der Waals surface area contributed by atoms with Gasteiger partial charge in [0.2, 0.25) is 0 Å². The number of aryl methyl sites for hydroxylation is 1. The van der Waals surface area contributed by atoms with E-state index in [1.807, 2.05) is 11.3 Å². The summed E-state index contributed by atoms with van der Waals surface area (Å²) in [6.07, 6.45) is -0.379. The first kappa shape index (κ1) is 12.1. The van der Waals surface area contributed by atoms with Crippen molar-refractivity contribution < 1.29 is 5.11 Å². The Balaban J connectivity index is 1.89. The van der Waals surface area contributed by atoms with E-state index in [1.165, 1.54) is 20.5 Å². The lowest BCUT2D eigenvalue weighted by molar-refractivity contribution is 0.164. The Kier molecular flexibility index (Phi) is 3.11. The van der Waals surface area contributed by atoms with Crippen LogP contribution in [0.5, 0.6) is 0 Å². The van der Waals surface area contributed by atoms with E-state index in [4.69, 9.17) is 5.73 Å². The first-order valence-electron chi connectivity index (χ1n) is 6.28. The minimum atomic E-state index is -0.379. The smallest absolute Gasteiger partial charge is 0.0830 e. The number of aliphatic hydroxyl groups is 1. The highest BCUT2D eigenvalue weighted by Crippen LogP contribution is 2.32. The highest BCUT2D eigenvalue weighted by Gasteiger charge is 2.28. The molecule has 18 heavy (non-hydrogen) atoms. The number of likely N-dealkylation sites (tertiary alicyclic amines) is 1. The molecule has 0 spiro atoms. The van der Waals surface area contributed by atoms with Crippen molar-refractivity contribution in [2.75, 3.05) is 13.1 Å². The maximum atomic E-state index is 9.72. The van der Waals surface area contributed by atoms with Gasteiger partial charge < -0.3 is 10.8 Å². The first-order valence-corrected chi connectivity index (χ1v) is 7.10. The molecule has 3 N–H and O–H groups in total. The number of aliphatic hydroxyl groups excluding tert-OH is 1. The average Bonchev–Trinajstić information content (AvgIpc) is 2.82. The number of thiophene rings is 1. The Bertz CT molecular complexity index is 556. The molecular formula is C14H18N2OS. The molecule has 1 aliphatic rings. The number of hydrogen-bond acceptors (Lipinski definition) is 4. The highest BCUT2D eigenvalue weighted by molar-refractivity contribution is 7.19. The van der Waals surface area contributed by atoms with Crippen molar-refractivity contribution in [1.82, 2.24) is 4.90 Å². The fraction of sp³-hybridized carbons (Fsp3) is 0.429. The van der Waals surface area contributed by atoms with Gasteiger partial charge in [-0.3, -0.25) is 4.90 Å². The number of nitrogens with zero attached hydrogens (tertiary/aromatic N) is 1. The van der Waals surface area contributed by atoms with E-state index >= 15 is 0 Å². The molecule has 2 heterocycles. The van der Waals surface area contributed by atoms with Crippen LogP contribution in [0, 0.1) is 6.92 Å². The van der Waals surface area contributed by atoms with Crippen LogP contribution >= 0.6 is 11.3 Å². The zero-order valence-electron chi connectivity index (χ0n) is 10.5. The van der Waals surface area contributed by atoms with Crippen LogP contribution in [0.3, 0.4) is 0 Å².